The Labute approximate surface area is 191 Å². The lowest BCUT2D eigenvalue weighted by Gasteiger charge is -2.61. The zero-order valence-electron chi connectivity index (χ0n) is 19.6. The molecule has 0 radical (unpaired) electrons. The van der Waals surface area contributed by atoms with E-state index in [9.17, 15) is 14.4 Å². The van der Waals surface area contributed by atoms with Crippen LogP contribution in [-0.2, 0) is 14.3 Å². The highest BCUT2D eigenvalue weighted by molar-refractivity contribution is 5.89. The smallest absolute Gasteiger partial charge is 0.338 e. The molecule has 0 heterocycles. The maximum Gasteiger partial charge on any atom is 0.338 e. The van der Waals surface area contributed by atoms with Gasteiger partial charge in [-0.3, -0.25) is 9.59 Å². The van der Waals surface area contributed by atoms with E-state index >= 15 is 0 Å². The molecule has 0 amide bonds. The molecule has 0 unspecified atom stereocenters. The predicted octanol–water partition coefficient (Wildman–Crippen LogP) is 5.64. The van der Waals surface area contributed by atoms with E-state index in [1.165, 1.54) is 0 Å². The van der Waals surface area contributed by atoms with Crippen molar-refractivity contribution < 1.29 is 19.1 Å². The van der Waals surface area contributed by atoms with Gasteiger partial charge in [0, 0.05) is 24.2 Å². The summed E-state index contributed by atoms with van der Waals surface area (Å²) in [5.74, 6) is 2.19. The van der Waals surface area contributed by atoms with Crippen LogP contribution in [0.4, 0.5) is 0 Å². The Morgan fingerprint density at radius 1 is 1.00 bits per heavy atom. The topological polar surface area (TPSA) is 60.4 Å². The monoisotopic (exact) mass is 436 g/mol. The molecule has 4 heteroatoms. The zero-order chi connectivity index (χ0) is 22.7. The van der Waals surface area contributed by atoms with Crippen molar-refractivity contribution in [1.29, 1.82) is 0 Å². The predicted molar refractivity (Wildman–Crippen MR) is 122 cm³/mol. The van der Waals surface area contributed by atoms with E-state index in [1.54, 1.807) is 19.1 Å². The van der Waals surface area contributed by atoms with Crippen LogP contribution in [0.15, 0.2) is 30.3 Å². The van der Waals surface area contributed by atoms with Gasteiger partial charge in [0.1, 0.15) is 17.7 Å². The van der Waals surface area contributed by atoms with Crippen LogP contribution in [-0.4, -0.2) is 23.6 Å². The molecule has 4 fully saturated rings. The normalized spacial score (nSPS) is 43.0. The van der Waals surface area contributed by atoms with Crippen molar-refractivity contribution in [3.05, 3.63) is 35.9 Å². The second-order valence-corrected chi connectivity index (χ2v) is 11.5. The summed E-state index contributed by atoms with van der Waals surface area (Å²) in [6, 6.07) is 9.22. The molecule has 4 saturated carbocycles. The first-order valence-electron chi connectivity index (χ1n) is 12.5. The van der Waals surface area contributed by atoms with Crippen LogP contribution in [0, 0.1) is 40.4 Å². The summed E-state index contributed by atoms with van der Waals surface area (Å²) >= 11 is 0. The van der Waals surface area contributed by atoms with Gasteiger partial charge in [0.25, 0.3) is 0 Å². The van der Waals surface area contributed by atoms with Crippen molar-refractivity contribution in [3.8, 4) is 0 Å². The number of ketones is 2. The van der Waals surface area contributed by atoms with Gasteiger partial charge < -0.3 is 4.74 Å². The SMILES string of the molecule is CC(=O)[C@H]1CC[C@H]2[C@@H]3CC[C@H]4CC(=O)CC[C@]4(C)[C@H]3C[C@@H](OC(=O)c3ccccc3)[C@]12C. The van der Waals surface area contributed by atoms with Crippen molar-refractivity contribution in [3.63, 3.8) is 0 Å². The van der Waals surface area contributed by atoms with E-state index in [4.69, 9.17) is 4.74 Å². The van der Waals surface area contributed by atoms with E-state index < -0.39 is 0 Å². The largest absolute Gasteiger partial charge is 0.458 e. The third kappa shape index (κ3) is 3.20. The fraction of sp³-hybridized carbons (Fsp3) is 0.679. The molecule has 0 saturated heterocycles. The molecule has 0 spiro atoms. The van der Waals surface area contributed by atoms with Crippen LogP contribution in [0.5, 0.6) is 0 Å². The van der Waals surface area contributed by atoms with Crippen LogP contribution >= 0.6 is 0 Å². The number of carbonyl (C=O) groups excluding carboxylic acids is 3. The van der Waals surface area contributed by atoms with Gasteiger partial charge in [-0.2, -0.15) is 0 Å². The Morgan fingerprint density at radius 3 is 2.47 bits per heavy atom. The van der Waals surface area contributed by atoms with E-state index in [1.807, 2.05) is 18.2 Å². The molecule has 32 heavy (non-hydrogen) atoms. The molecule has 0 N–H and O–H groups in total. The summed E-state index contributed by atoms with van der Waals surface area (Å²) in [4.78, 5) is 38.1. The minimum atomic E-state index is -0.300. The molecule has 5 rings (SSSR count). The summed E-state index contributed by atoms with van der Waals surface area (Å²) in [6.45, 7) is 6.34. The lowest BCUT2D eigenvalue weighted by Crippen LogP contribution is -2.59. The van der Waals surface area contributed by atoms with Crippen LogP contribution in [0.2, 0.25) is 0 Å². The molecule has 4 nitrogen and oxygen atoms in total. The van der Waals surface area contributed by atoms with Gasteiger partial charge in [-0.05, 0) is 86.7 Å². The fourth-order valence-corrected chi connectivity index (χ4v) is 8.59. The second-order valence-electron chi connectivity index (χ2n) is 11.5. The van der Waals surface area contributed by atoms with Crippen LogP contribution in [0.3, 0.4) is 0 Å². The number of hydrogen-bond acceptors (Lipinski definition) is 4. The number of carbonyl (C=O) groups is 3. The molecular formula is C28H36O4. The average Bonchev–Trinajstić information content (AvgIpc) is 3.14. The quantitative estimate of drug-likeness (QED) is 0.576. The van der Waals surface area contributed by atoms with Crippen LogP contribution < -0.4 is 0 Å². The Bertz CT molecular complexity index is 923. The Morgan fingerprint density at radius 2 is 1.75 bits per heavy atom. The highest BCUT2D eigenvalue weighted by Gasteiger charge is 2.65. The Kier molecular flexibility index (Phi) is 5.34. The van der Waals surface area contributed by atoms with E-state index in [-0.39, 0.29) is 34.6 Å². The van der Waals surface area contributed by atoms with Crippen LogP contribution in [0.1, 0.15) is 82.5 Å². The van der Waals surface area contributed by atoms with Gasteiger partial charge in [-0.1, -0.05) is 32.0 Å². The zero-order valence-corrected chi connectivity index (χ0v) is 19.6. The van der Waals surface area contributed by atoms with Gasteiger partial charge >= 0.3 is 5.97 Å². The van der Waals surface area contributed by atoms with Crippen molar-refractivity contribution in [2.24, 2.45) is 40.4 Å². The molecule has 4 aliphatic rings. The average molecular weight is 437 g/mol. The minimum absolute atomic E-state index is 0.0412. The molecule has 4 aliphatic carbocycles. The van der Waals surface area contributed by atoms with Crippen molar-refractivity contribution >= 4 is 17.5 Å². The van der Waals surface area contributed by atoms with E-state index in [0.717, 1.165) is 38.5 Å². The number of rotatable bonds is 3. The first-order chi connectivity index (χ1) is 15.2. The van der Waals surface area contributed by atoms with Crippen molar-refractivity contribution in [2.45, 2.75) is 78.2 Å². The van der Waals surface area contributed by atoms with Crippen molar-refractivity contribution in [1.82, 2.24) is 0 Å². The first-order valence-corrected chi connectivity index (χ1v) is 12.5. The third-order valence-electron chi connectivity index (χ3n) is 10.3. The van der Waals surface area contributed by atoms with E-state index in [2.05, 4.69) is 13.8 Å². The van der Waals surface area contributed by atoms with Crippen LogP contribution in [0.25, 0.3) is 0 Å². The maximum absolute atomic E-state index is 13.1. The minimum Gasteiger partial charge on any atom is -0.458 e. The molecule has 1 aromatic rings. The number of esters is 1. The maximum atomic E-state index is 13.1. The number of Topliss-reactive ketones (excluding diaryl/α,β-unsaturated/α-hetero) is 2. The highest BCUT2D eigenvalue weighted by Crippen LogP contribution is 2.67. The fourth-order valence-electron chi connectivity index (χ4n) is 8.59. The number of ether oxygens (including phenoxy) is 1. The summed E-state index contributed by atoms with van der Waals surface area (Å²) in [5.41, 5.74) is 0.401. The van der Waals surface area contributed by atoms with Gasteiger partial charge in [-0.15, -0.1) is 0 Å². The lowest BCUT2D eigenvalue weighted by atomic mass is 9.44. The molecule has 0 bridgehead atoms. The summed E-state index contributed by atoms with van der Waals surface area (Å²) < 4.78 is 6.31. The molecule has 8 atom stereocenters. The second kappa shape index (κ2) is 7.81. The highest BCUT2D eigenvalue weighted by atomic mass is 16.5. The Balaban J connectivity index is 1.51. The standard InChI is InChI=1S/C28H36O4/c1-17(29)22-11-12-23-21-10-9-19-15-20(30)13-14-27(19,2)24(21)16-25(28(22,23)3)32-26(31)18-7-5-4-6-8-18/h4-8,19,21-25H,9-16H2,1-3H3/t19-,21-,22+,23-,24-,25+,27-,28+/m0/s1. The first kappa shape index (κ1) is 21.9. The van der Waals surface area contributed by atoms with Gasteiger partial charge in [0.15, 0.2) is 0 Å². The molecule has 172 valence electrons. The third-order valence-corrected chi connectivity index (χ3v) is 10.3. The summed E-state index contributed by atoms with van der Waals surface area (Å²) in [6.07, 6.45) is 7.12. The number of benzene rings is 1. The van der Waals surface area contributed by atoms with Gasteiger partial charge in [0.05, 0.1) is 5.56 Å². The lowest BCUT2D eigenvalue weighted by molar-refractivity contribution is -0.171. The number of hydrogen-bond donors (Lipinski definition) is 0. The number of fused-ring (bicyclic) bond motifs is 5. The summed E-state index contributed by atoms with van der Waals surface area (Å²) in [5, 5.41) is 0. The summed E-state index contributed by atoms with van der Waals surface area (Å²) in [7, 11) is 0. The van der Waals surface area contributed by atoms with Crippen molar-refractivity contribution in [2.75, 3.05) is 0 Å². The van der Waals surface area contributed by atoms with E-state index in [0.29, 0.717) is 47.9 Å². The molecular weight excluding hydrogens is 400 g/mol. The van der Waals surface area contributed by atoms with Gasteiger partial charge in [0.2, 0.25) is 0 Å². The molecule has 1 aromatic carbocycles. The van der Waals surface area contributed by atoms with Gasteiger partial charge in [-0.25, -0.2) is 4.79 Å². The Hall–Kier alpha value is -1.97. The molecule has 0 aliphatic heterocycles. The molecule has 0 aromatic heterocycles.